The number of aromatic nitrogens is 3. The number of benzene rings is 1. The summed E-state index contributed by atoms with van der Waals surface area (Å²) >= 11 is 0. The van der Waals surface area contributed by atoms with Crippen molar-refractivity contribution in [3.63, 3.8) is 0 Å². The summed E-state index contributed by atoms with van der Waals surface area (Å²) in [7, 11) is -1.51. The summed E-state index contributed by atoms with van der Waals surface area (Å²) in [5.74, 6) is 1.08. The molecule has 4 heterocycles. The van der Waals surface area contributed by atoms with Gasteiger partial charge in [-0.05, 0) is 56.0 Å². The third-order valence-electron chi connectivity index (χ3n) is 6.47. The Hall–Kier alpha value is -3.73. The molecule has 188 valence electrons. The molecular weight excluding hydrogens is 478 g/mol. The van der Waals surface area contributed by atoms with Crippen molar-refractivity contribution < 1.29 is 13.2 Å². The molecule has 0 fully saturated rings. The lowest BCUT2D eigenvalue weighted by atomic mass is 10.0. The fraction of sp³-hybridized carbons (Fsp3) is 0.360. The lowest BCUT2D eigenvalue weighted by molar-refractivity contribution is 0.100. The highest BCUT2D eigenvalue weighted by Crippen LogP contribution is 2.36. The minimum Gasteiger partial charge on any atom is -0.370 e. The molecular formula is C25H29N7O3S. The molecule has 36 heavy (non-hydrogen) atoms. The van der Waals surface area contributed by atoms with E-state index in [1.807, 2.05) is 18.9 Å². The molecule has 1 atom stereocenters. The topological polar surface area (TPSA) is 122 Å². The zero-order valence-electron chi connectivity index (χ0n) is 20.7. The maximum absolute atomic E-state index is 13.4. The zero-order valence-corrected chi connectivity index (χ0v) is 21.6. The first kappa shape index (κ1) is 24.0. The average molecular weight is 508 g/mol. The van der Waals surface area contributed by atoms with Gasteiger partial charge in [-0.1, -0.05) is 6.92 Å². The van der Waals surface area contributed by atoms with E-state index in [2.05, 4.69) is 32.6 Å². The van der Waals surface area contributed by atoms with Crippen molar-refractivity contribution in [1.82, 2.24) is 14.8 Å². The Morgan fingerprint density at radius 1 is 1.17 bits per heavy atom. The van der Waals surface area contributed by atoms with Crippen LogP contribution in [0.4, 0.5) is 17.2 Å². The van der Waals surface area contributed by atoms with E-state index in [4.69, 9.17) is 0 Å². The van der Waals surface area contributed by atoms with Crippen molar-refractivity contribution >= 4 is 38.9 Å². The molecule has 11 heteroatoms. The Morgan fingerprint density at radius 2 is 1.97 bits per heavy atom. The normalized spacial score (nSPS) is 19.6. The molecule has 5 rings (SSSR count). The van der Waals surface area contributed by atoms with Gasteiger partial charge in [0.15, 0.2) is 9.84 Å². The standard InChI is InChI=1S/C25H29N7O3S/c1-15-6-5-9-26-23-19(13-27-31(23)3)21-11-17(10-16(2)28-21)24(33)30-25-29-20-8-7-18(36(4,34)35)12-22(20)32(25)14-15/h7-8,10-13,15,26H,5-6,9,14H2,1-4H3,(H,29,30,33). The van der Waals surface area contributed by atoms with Gasteiger partial charge >= 0.3 is 0 Å². The maximum Gasteiger partial charge on any atom is 0.280 e. The summed E-state index contributed by atoms with van der Waals surface area (Å²) in [6.07, 6.45) is 4.78. The fourth-order valence-electron chi connectivity index (χ4n) is 4.63. The number of amides is 1. The number of carbonyl (C=O) groups excluding carboxylic acids is 1. The van der Waals surface area contributed by atoms with E-state index in [0.29, 0.717) is 35.1 Å². The quantitative estimate of drug-likeness (QED) is 0.514. The third kappa shape index (κ3) is 4.58. The van der Waals surface area contributed by atoms with E-state index in [0.717, 1.165) is 36.5 Å². The van der Waals surface area contributed by atoms with E-state index >= 15 is 0 Å². The summed E-state index contributed by atoms with van der Waals surface area (Å²) in [6.45, 7) is 5.32. The lowest BCUT2D eigenvalue weighted by Crippen LogP contribution is -2.35. The number of guanidine groups is 1. The number of aliphatic imine (C=N–C) groups is 1. The number of nitrogens with one attached hydrogen (secondary N) is 2. The number of rotatable bonds is 1. The average Bonchev–Trinajstić information content (AvgIpc) is 3.34. The van der Waals surface area contributed by atoms with Crippen molar-refractivity contribution in [2.75, 3.05) is 34.9 Å². The number of anilines is 3. The van der Waals surface area contributed by atoms with Gasteiger partial charge in [-0.15, -0.1) is 0 Å². The van der Waals surface area contributed by atoms with Gasteiger partial charge in [0, 0.05) is 37.7 Å². The van der Waals surface area contributed by atoms with Crippen molar-refractivity contribution in [2.45, 2.75) is 31.6 Å². The molecule has 0 aliphatic carbocycles. The first-order valence-corrected chi connectivity index (χ1v) is 13.8. The van der Waals surface area contributed by atoms with Crippen molar-refractivity contribution in [3.05, 3.63) is 47.8 Å². The molecule has 0 saturated heterocycles. The molecule has 2 N–H and O–H groups in total. The molecule has 0 saturated carbocycles. The second-order valence-corrected chi connectivity index (χ2v) is 11.5. The summed E-state index contributed by atoms with van der Waals surface area (Å²) < 4.78 is 26.2. The van der Waals surface area contributed by atoms with Crippen LogP contribution in [0, 0.1) is 12.8 Å². The smallest absolute Gasteiger partial charge is 0.280 e. The van der Waals surface area contributed by atoms with Crippen LogP contribution in [0.2, 0.25) is 0 Å². The Kier molecular flexibility index (Phi) is 6.03. The molecule has 2 aromatic heterocycles. The highest BCUT2D eigenvalue weighted by molar-refractivity contribution is 7.90. The van der Waals surface area contributed by atoms with E-state index < -0.39 is 15.7 Å². The van der Waals surface area contributed by atoms with Crippen LogP contribution in [0.5, 0.6) is 0 Å². The number of hydrogen-bond acceptors (Lipinski definition) is 8. The predicted molar refractivity (Wildman–Crippen MR) is 140 cm³/mol. The number of carbonyl (C=O) groups is 1. The second kappa shape index (κ2) is 9.05. The van der Waals surface area contributed by atoms with Crippen molar-refractivity contribution in [2.24, 2.45) is 18.0 Å². The molecule has 2 bridgehead atoms. The number of pyridine rings is 1. The van der Waals surface area contributed by atoms with Crippen molar-refractivity contribution in [3.8, 4) is 11.3 Å². The highest BCUT2D eigenvalue weighted by Gasteiger charge is 2.29. The van der Waals surface area contributed by atoms with Gasteiger partial charge in [0.05, 0.1) is 33.7 Å². The van der Waals surface area contributed by atoms with Gasteiger partial charge in [-0.25, -0.2) is 8.42 Å². The Balaban J connectivity index is 1.61. The van der Waals surface area contributed by atoms with Gasteiger partial charge in [-0.2, -0.15) is 10.1 Å². The summed E-state index contributed by atoms with van der Waals surface area (Å²) in [4.78, 5) is 24.6. The van der Waals surface area contributed by atoms with Crippen LogP contribution in [0.25, 0.3) is 11.3 Å². The Morgan fingerprint density at radius 3 is 2.75 bits per heavy atom. The first-order chi connectivity index (χ1) is 17.1. The van der Waals surface area contributed by atoms with E-state index in [1.165, 1.54) is 6.26 Å². The largest absolute Gasteiger partial charge is 0.370 e. The number of fused-ring (bicyclic) bond motifs is 7. The molecule has 10 nitrogen and oxygen atoms in total. The molecule has 3 aromatic rings. The van der Waals surface area contributed by atoms with Gasteiger partial charge in [0.25, 0.3) is 5.91 Å². The summed E-state index contributed by atoms with van der Waals surface area (Å²) in [6, 6.07) is 8.38. The number of aryl methyl sites for hydroxylation is 2. The molecule has 2 aliphatic rings. The minimum atomic E-state index is -3.39. The molecule has 1 amide bonds. The number of sulfone groups is 1. The monoisotopic (exact) mass is 507 g/mol. The van der Waals surface area contributed by atoms with Crippen LogP contribution in [-0.4, -0.2) is 54.4 Å². The minimum absolute atomic E-state index is 0.226. The van der Waals surface area contributed by atoms with Crippen LogP contribution >= 0.6 is 0 Å². The van der Waals surface area contributed by atoms with E-state index in [1.54, 1.807) is 41.2 Å². The zero-order chi connectivity index (χ0) is 25.6. The maximum atomic E-state index is 13.4. The fourth-order valence-corrected chi connectivity index (χ4v) is 5.27. The van der Waals surface area contributed by atoms with Gasteiger partial charge in [0.1, 0.15) is 5.82 Å². The predicted octanol–water partition coefficient (Wildman–Crippen LogP) is 3.46. The van der Waals surface area contributed by atoms with Crippen LogP contribution in [0.15, 0.2) is 46.4 Å². The molecule has 0 radical (unpaired) electrons. The summed E-state index contributed by atoms with van der Waals surface area (Å²) in [5, 5.41) is 11.1. The van der Waals surface area contributed by atoms with E-state index in [-0.39, 0.29) is 10.8 Å². The van der Waals surface area contributed by atoms with Crippen LogP contribution in [0.1, 0.15) is 35.8 Å². The van der Waals surface area contributed by atoms with Crippen LogP contribution in [0.3, 0.4) is 0 Å². The SMILES string of the molecule is Cc1cc2cc(n1)-c1cnn(C)c1NCCCC(C)CN1/C(=N/C2=O)Nc2ccc(S(C)(=O)=O)cc21. The molecule has 0 spiro atoms. The van der Waals surface area contributed by atoms with Crippen LogP contribution < -0.4 is 15.5 Å². The third-order valence-corrected chi connectivity index (χ3v) is 7.58. The number of nitrogens with zero attached hydrogens (tertiary/aromatic N) is 5. The van der Waals surface area contributed by atoms with E-state index in [9.17, 15) is 13.2 Å². The Bertz CT molecular complexity index is 1490. The van der Waals surface area contributed by atoms with Gasteiger partial charge in [0.2, 0.25) is 5.96 Å². The van der Waals surface area contributed by atoms with Crippen molar-refractivity contribution in [1.29, 1.82) is 0 Å². The van der Waals surface area contributed by atoms with Crippen LogP contribution in [-0.2, 0) is 16.9 Å². The second-order valence-electron chi connectivity index (χ2n) is 9.51. The first-order valence-electron chi connectivity index (χ1n) is 11.9. The molecule has 2 aliphatic heterocycles. The highest BCUT2D eigenvalue weighted by atomic mass is 32.2. The van der Waals surface area contributed by atoms with Gasteiger partial charge < -0.3 is 15.5 Å². The molecule has 1 aromatic carbocycles. The molecule has 1 unspecified atom stereocenters. The van der Waals surface area contributed by atoms with Gasteiger partial charge in [-0.3, -0.25) is 14.5 Å². The number of hydrogen-bond donors (Lipinski definition) is 2. The summed E-state index contributed by atoms with van der Waals surface area (Å²) in [5.41, 5.74) is 4.00. The Labute approximate surface area is 210 Å². The lowest BCUT2D eigenvalue weighted by Gasteiger charge is -2.23.